The van der Waals surface area contributed by atoms with Crippen LogP contribution in [0.25, 0.3) is 0 Å². The van der Waals surface area contributed by atoms with E-state index < -0.39 is 9.28 Å². The molecule has 4 heteroatoms. The fourth-order valence-electron chi connectivity index (χ4n) is 0.816. The molecule has 0 spiro atoms. The molecule has 0 aliphatic heterocycles. The van der Waals surface area contributed by atoms with Gasteiger partial charge in [0.15, 0.2) is 0 Å². The van der Waals surface area contributed by atoms with Crippen molar-refractivity contribution in [3.05, 3.63) is 0 Å². The number of hydrogen-bond donors (Lipinski definition) is 1. The highest BCUT2D eigenvalue weighted by molar-refractivity contribution is 6.46. The quantitative estimate of drug-likeness (QED) is 0.605. The summed E-state index contributed by atoms with van der Waals surface area (Å²) in [7, 11) is -1.45. The first kappa shape index (κ1) is 11.1. The molecule has 0 aliphatic carbocycles. The van der Waals surface area contributed by atoms with E-state index in [4.69, 9.17) is 14.6 Å². The van der Waals surface area contributed by atoms with E-state index in [0.29, 0.717) is 12.1 Å². The van der Waals surface area contributed by atoms with Crippen molar-refractivity contribution in [2.45, 2.75) is 26.3 Å². The molecule has 0 aromatic rings. The zero-order valence-electron chi connectivity index (χ0n) is 7.67. The van der Waals surface area contributed by atoms with Crippen LogP contribution in [-0.4, -0.2) is 29.0 Å². The molecule has 0 fully saturated rings. The first-order valence-corrected chi connectivity index (χ1v) is 5.80. The molecule has 2 N–H and O–H groups in total. The fourth-order valence-corrected chi connectivity index (χ4v) is 2.45. The van der Waals surface area contributed by atoms with Crippen LogP contribution in [0.2, 0.25) is 5.54 Å². The van der Waals surface area contributed by atoms with E-state index in [1.165, 1.54) is 0 Å². The fraction of sp³-hybridized carbons (Fsp3) is 1.00. The smallest absolute Gasteiger partial charge is 0.325 e. The second-order valence-corrected chi connectivity index (χ2v) is 5.03. The van der Waals surface area contributed by atoms with Gasteiger partial charge in [-0.2, -0.15) is 0 Å². The first-order chi connectivity index (χ1) is 5.26. The molecular weight excluding hydrogens is 158 g/mol. The van der Waals surface area contributed by atoms with E-state index in [-0.39, 0.29) is 0 Å². The van der Waals surface area contributed by atoms with Crippen molar-refractivity contribution in [1.82, 2.24) is 0 Å². The second kappa shape index (κ2) is 6.79. The Morgan fingerprint density at radius 1 is 1.27 bits per heavy atom. The third-order valence-corrected chi connectivity index (χ3v) is 4.02. The second-order valence-electron chi connectivity index (χ2n) is 2.49. The largest absolute Gasteiger partial charge is 0.397 e. The molecule has 0 aromatic carbocycles. The Morgan fingerprint density at radius 3 is 2.00 bits per heavy atom. The summed E-state index contributed by atoms with van der Waals surface area (Å²) >= 11 is 0. The van der Waals surface area contributed by atoms with Crippen LogP contribution >= 0.6 is 0 Å². The zero-order chi connectivity index (χ0) is 8.69. The highest BCUT2D eigenvalue weighted by Crippen LogP contribution is 2.08. The van der Waals surface area contributed by atoms with Crippen molar-refractivity contribution in [2.75, 3.05) is 19.8 Å². The Bertz CT molecular complexity index is 86.5. The summed E-state index contributed by atoms with van der Waals surface area (Å²) in [4.78, 5) is 0. The minimum atomic E-state index is -1.45. The zero-order valence-corrected chi connectivity index (χ0v) is 8.82. The van der Waals surface area contributed by atoms with Crippen molar-refractivity contribution >= 4 is 9.28 Å². The summed E-state index contributed by atoms with van der Waals surface area (Å²) in [6, 6.07) is 0. The van der Waals surface area contributed by atoms with Crippen LogP contribution in [0.3, 0.4) is 0 Å². The van der Waals surface area contributed by atoms with E-state index in [0.717, 1.165) is 13.2 Å². The Hall–Kier alpha value is 0.0969. The van der Waals surface area contributed by atoms with E-state index in [2.05, 4.69) is 6.92 Å². The molecule has 1 atom stereocenters. The van der Waals surface area contributed by atoms with E-state index in [1.54, 1.807) is 0 Å². The average Bonchev–Trinajstić information content (AvgIpc) is 2.03. The topological polar surface area (TPSA) is 44.5 Å². The molecule has 0 saturated heterocycles. The molecule has 0 aliphatic rings. The first-order valence-electron chi connectivity index (χ1n) is 4.19. The van der Waals surface area contributed by atoms with Gasteiger partial charge in [0.25, 0.3) is 0 Å². The third-order valence-electron chi connectivity index (χ3n) is 1.50. The Kier molecular flexibility index (Phi) is 6.85. The van der Waals surface area contributed by atoms with Crippen LogP contribution in [0, 0.1) is 0 Å². The maximum atomic E-state index is 5.51. The van der Waals surface area contributed by atoms with Gasteiger partial charge in [-0.3, -0.25) is 0 Å². The third kappa shape index (κ3) is 4.52. The molecule has 0 heterocycles. The van der Waals surface area contributed by atoms with Crippen LogP contribution in [0.4, 0.5) is 0 Å². The van der Waals surface area contributed by atoms with E-state index in [1.807, 2.05) is 13.8 Å². The summed E-state index contributed by atoms with van der Waals surface area (Å²) in [5.74, 6) is 0. The maximum Gasteiger partial charge on any atom is 0.325 e. The van der Waals surface area contributed by atoms with Gasteiger partial charge < -0.3 is 14.6 Å². The number of rotatable bonds is 6. The van der Waals surface area contributed by atoms with Gasteiger partial charge in [-0.25, -0.2) is 0 Å². The van der Waals surface area contributed by atoms with Crippen LogP contribution in [0.15, 0.2) is 0 Å². The van der Waals surface area contributed by atoms with Gasteiger partial charge in [0.1, 0.15) is 0 Å². The van der Waals surface area contributed by atoms with Gasteiger partial charge in [0.2, 0.25) is 0 Å². The monoisotopic (exact) mass is 177 g/mol. The van der Waals surface area contributed by atoms with Gasteiger partial charge in [-0.1, -0.05) is 6.92 Å². The van der Waals surface area contributed by atoms with Crippen molar-refractivity contribution < 1.29 is 8.85 Å². The van der Waals surface area contributed by atoms with Crippen LogP contribution in [0.1, 0.15) is 20.8 Å². The summed E-state index contributed by atoms with van der Waals surface area (Å²) in [5.41, 5.74) is 5.92. The lowest BCUT2D eigenvalue weighted by molar-refractivity contribution is 0.206. The standard InChI is InChI=1S/C7H19NO2Si/c1-4-9-11(10-5-2)7(3)6-8/h7,11H,4-6,8H2,1-3H3. The van der Waals surface area contributed by atoms with E-state index in [9.17, 15) is 0 Å². The predicted octanol–water partition coefficient (Wildman–Crippen LogP) is 0.629. The minimum absolute atomic E-state index is 0.412. The van der Waals surface area contributed by atoms with Crippen LogP contribution in [0.5, 0.6) is 0 Å². The van der Waals surface area contributed by atoms with Crippen LogP contribution < -0.4 is 5.73 Å². The average molecular weight is 177 g/mol. The lowest BCUT2D eigenvalue weighted by Gasteiger charge is -2.19. The summed E-state index contributed by atoms with van der Waals surface area (Å²) in [6.45, 7) is 8.20. The molecule has 68 valence electrons. The van der Waals surface area contributed by atoms with Gasteiger partial charge in [-0.05, 0) is 20.4 Å². The summed E-state index contributed by atoms with van der Waals surface area (Å²) in [6.07, 6.45) is 0. The Morgan fingerprint density at radius 2 is 1.73 bits per heavy atom. The van der Waals surface area contributed by atoms with Crippen molar-refractivity contribution in [3.8, 4) is 0 Å². The van der Waals surface area contributed by atoms with Crippen molar-refractivity contribution in [1.29, 1.82) is 0 Å². The minimum Gasteiger partial charge on any atom is -0.397 e. The van der Waals surface area contributed by atoms with Crippen molar-refractivity contribution in [2.24, 2.45) is 5.73 Å². The van der Waals surface area contributed by atoms with E-state index >= 15 is 0 Å². The van der Waals surface area contributed by atoms with Gasteiger partial charge in [-0.15, -0.1) is 0 Å². The molecule has 0 aromatic heterocycles. The predicted molar refractivity (Wildman–Crippen MR) is 48.9 cm³/mol. The van der Waals surface area contributed by atoms with Crippen LogP contribution in [-0.2, 0) is 8.85 Å². The molecule has 0 rings (SSSR count). The lowest BCUT2D eigenvalue weighted by atomic mass is 10.5. The summed E-state index contributed by atoms with van der Waals surface area (Å²) < 4.78 is 10.9. The molecule has 0 amide bonds. The molecule has 1 unspecified atom stereocenters. The lowest BCUT2D eigenvalue weighted by Crippen LogP contribution is -2.31. The molecule has 0 radical (unpaired) electrons. The summed E-state index contributed by atoms with van der Waals surface area (Å²) in [5, 5.41) is 0. The number of hydrogen-bond acceptors (Lipinski definition) is 3. The molecule has 11 heavy (non-hydrogen) atoms. The van der Waals surface area contributed by atoms with Crippen molar-refractivity contribution in [3.63, 3.8) is 0 Å². The molecule has 0 bridgehead atoms. The normalized spacial score (nSPS) is 13.9. The Balaban J connectivity index is 3.66. The molecule has 0 saturated carbocycles. The molecule has 3 nitrogen and oxygen atoms in total. The highest BCUT2D eigenvalue weighted by Gasteiger charge is 2.19. The van der Waals surface area contributed by atoms with Gasteiger partial charge in [0.05, 0.1) is 0 Å². The van der Waals surface area contributed by atoms with Gasteiger partial charge in [0, 0.05) is 18.8 Å². The maximum absolute atomic E-state index is 5.51. The SMILES string of the molecule is CCO[SiH](OCC)C(C)CN. The Labute approximate surface area is 70.7 Å². The van der Waals surface area contributed by atoms with Gasteiger partial charge >= 0.3 is 9.28 Å². The highest BCUT2D eigenvalue weighted by atomic mass is 28.3. The molecular formula is C7H19NO2Si. The number of nitrogens with two attached hydrogens (primary N) is 1.